The molecule has 0 amide bonds. The Hall–Kier alpha value is -0.930. The van der Waals surface area contributed by atoms with Crippen LogP contribution in [0.15, 0.2) is 0 Å². The van der Waals surface area contributed by atoms with Gasteiger partial charge in [0.2, 0.25) is 0 Å². The first kappa shape index (κ1) is 7.18. The number of tetrazole rings is 1. The van der Waals surface area contributed by atoms with Crippen molar-refractivity contribution in [1.82, 2.24) is 20.2 Å². The quantitative estimate of drug-likeness (QED) is 0.616. The zero-order chi connectivity index (χ0) is 7.40. The lowest BCUT2D eigenvalue weighted by Gasteiger charge is -1.87. The van der Waals surface area contributed by atoms with E-state index < -0.39 is 0 Å². The van der Waals surface area contributed by atoms with E-state index in [0.29, 0.717) is 0 Å². The van der Waals surface area contributed by atoms with Gasteiger partial charge in [-0.05, 0) is 11.6 Å². The molecule has 0 radical (unpaired) electrons. The van der Waals surface area contributed by atoms with Gasteiger partial charge in [-0.25, -0.2) is 0 Å². The van der Waals surface area contributed by atoms with E-state index in [9.17, 15) is 0 Å². The number of unbranched alkanes of at least 4 members (excludes halogenated alkanes) is 1. The molecular weight excluding hydrogens is 128 g/mol. The number of aromatic nitrogens is 4. The molecule has 0 aliphatic heterocycles. The van der Waals surface area contributed by atoms with Crippen molar-refractivity contribution in [3.8, 4) is 0 Å². The molecule has 0 saturated carbocycles. The lowest BCUT2D eigenvalue weighted by molar-refractivity contribution is 0.626. The van der Waals surface area contributed by atoms with E-state index in [-0.39, 0.29) is 0 Å². The third kappa shape index (κ3) is 1.79. The summed E-state index contributed by atoms with van der Waals surface area (Å²) in [6.45, 7) is 2.15. The van der Waals surface area contributed by atoms with Crippen molar-refractivity contribution in [3.05, 3.63) is 5.82 Å². The number of nitrogens with zero attached hydrogens (tertiary/aromatic N) is 4. The molecule has 0 aliphatic carbocycles. The third-order valence-electron chi connectivity index (χ3n) is 1.30. The average Bonchev–Trinajstić information content (AvgIpc) is 2.31. The van der Waals surface area contributed by atoms with Crippen molar-refractivity contribution >= 4 is 0 Å². The van der Waals surface area contributed by atoms with Crippen LogP contribution in [0.4, 0.5) is 0 Å². The first-order chi connectivity index (χ1) is 4.83. The highest BCUT2D eigenvalue weighted by molar-refractivity contribution is 4.75. The molecular formula is C6H12N4. The van der Waals surface area contributed by atoms with E-state index in [1.165, 1.54) is 11.2 Å². The van der Waals surface area contributed by atoms with Gasteiger partial charge in [-0.15, -0.1) is 10.2 Å². The van der Waals surface area contributed by atoms with Gasteiger partial charge in [0, 0.05) is 6.42 Å². The van der Waals surface area contributed by atoms with Crippen molar-refractivity contribution in [2.75, 3.05) is 0 Å². The first-order valence-corrected chi connectivity index (χ1v) is 3.56. The Labute approximate surface area is 60.2 Å². The van der Waals surface area contributed by atoms with Crippen molar-refractivity contribution < 1.29 is 0 Å². The van der Waals surface area contributed by atoms with Crippen LogP contribution in [0, 0.1) is 0 Å². The Morgan fingerprint density at radius 1 is 1.50 bits per heavy atom. The standard InChI is InChI=1S/C6H12N4/c1-3-4-5-6-7-9-10(2)8-6/h3-5H2,1-2H3. The third-order valence-corrected chi connectivity index (χ3v) is 1.30. The van der Waals surface area contributed by atoms with Crippen LogP contribution in [-0.2, 0) is 13.5 Å². The van der Waals surface area contributed by atoms with Crippen LogP contribution in [0.25, 0.3) is 0 Å². The average molecular weight is 140 g/mol. The maximum atomic E-state index is 4.04. The second-order valence-electron chi connectivity index (χ2n) is 2.30. The highest BCUT2D eigenvalue weighted by Gasteiger charge is 1.96. The van der Waals surface area contributed by atoms with Gasteiger partial charge in [0.05, 0.1) is 7.05 Å². The minimum atomic E-state index is 0.851. The Balaban J connectivity index is 2.42. The SMILES string of the molecule is CCCCc1nnn(C)n1. The van der Waals surface area contributed by atoms with E-state index in [1.807, 2.05) is 0 Å². The summed E-state index contributed by atoms with van der Waals surface area (Å²) in [5.74, 6) is 0.851. The molecule has 0 saturated heterocycles. The summed E-state index contributed by atoms with van der Waals surface area (Å²) in [5, 5.41) is 11.6. The van der Waals surface area contributed by atoms with Crippen LogP contribution in [0.3, 0.4) is 0 Å². The van der Waals surface area contributed by atoms with Gasteiger partial charge < -0.3 is 0 Å². The molecule has 1 heterocycles. The second kappa shape index (κ2) is 3.29. The Morgan fingerprint density at radius 2 is 2.30 bits per heavy atom. The normalized spacial score (nSPS) is 10.2. The van der Waals surface area contributed by atoms with Crippen LogP contribution < -0.4 is 0 Å². The zero-order valence-electron chi connectivity index (χ0n) is 6.41. The van der Waals surface area contributed by atoms with Gasteiger partial charge in [-0.1, -0.05) is 13.3 Å². The topological polar surface area (TPSA) is 43.6 Å². The fraction of sp³-hybridized carbons (Fsp3) is 0.833. The van der Waals surface area contributed by atoms with Crippen LogP contribution in [0.5, 0.6) is 0 Å². The van der Waals surface area contributed by atoms with Gasteiger partial charge in [0.15, 0.2) is 5.82 Å². The van der Waals surface area contributed by atoms with Crippen molar-refractivity contribution in [2.45, 2.75) is 26.2 Å². The summed E-state index contributed by atoms with van der Waals surface area (Å²) >= 11 is 0. The minimum Gasteiger partial charge on any atom is -0.167 e. The number of hydrogen-bond donors (Lipinski definition) is 0. The van der Waals surface area contributed by atoms with Gasteiger partial charge in [-0.2, -0.15) is 4.80 Å². The Morgan fingerprint density at radius 3 is 2.80 bits per heavy atom. The molecule has 0 spiro atoms. The summed E-state index contributed by atoms with van der Waals surface area (Å²) in [4.78, 5) is 1.49. The van der Waals surface area contributed by atoms with Crippen LogP contribution in [0.2, 0.25) is 0 Å². The fourth-order valence-corrected chi connectivity index (χ4v) is 0.758. The summed E-state index contributed by atoms with van der Waals surface area (Å²) in [7, 11) is 1.78. The number of rotatable bonds is 3. The zero-order valence-corrected chi connectivity index (χ0v) is 6.41. The predicted molar refractivity (Wildman–Crippen MR) is 37.4 cm³/mol. The van der Waals surface area contributed by atoms with Gasteiger partial charge in [-0.3, -0.25) is 0 Å². The van der Waals surface area contributed by atoms with Crippen molar-refractivity contribution in [1.29, 1.82) is 0 Å². The highest BCUT2D eigenvalue weighted by atomic mass is 15.6. The first-order valence-electron chi connectivity index (χ1n) is 3.56. The fourth-order valence-electron chi connectivity index (χ4n) is 0.758. The minimum absolute atomic E-state index is 0.851. The number of hydrogen-bond acceptors (Lipinski definition) is 3. The molecule has 4 heteroatoms. The van der Waals surface area contributed by atoms with E-state index in [2.05, 4.69) is 22.3 Å². The molecule has 10 heavy (non-hydrogen) atoms. The van der Waals surface area contributed by atoms with Gasteiger partial charge in [0.1, 0.15) is 0 Å². The Kier molecular flexibility index (Phi) is 2.36. The maximum absolute atomic E-state index is 4.04. The van der Waals surface area contributed by atoms with Crippen molar-refractivity contribution in [2.24, 2.45) is 7.05 Å². The van der Waals surface area contributed by atoms with Crippen LogP contribution >= 0.6 is 0 Å². The predicted octanol–water partition coefficient (Wildman–Crippen LogP) is 0.553. The molecule has 0 N–H and O–H groups in total. The van der Waals surface area contributed by atoms with E-state index in [1.54, 1.807) is 7.05 Å². The van der Waals surface area contributed by atoms with E-state index in [4.69, 9.17) is 0 Å². The summed E-state index contributed by atoms with van der Waals surface area (Å²) in [6.07, 6.45) is 3.27. The molecule has 56 valence electrons. The molecule has 0 bridgehead atoms. The molecule has 0 fully saturated rings. The van der Waals surface area contributed by atoms with Gasteiger partial charge >= 0.3 is 0 Å². The molecule has 0 aliphatic rings. The lowest BCUT2D eigenvalue weighted by Crippen LogP contribution is -1.93. The molecule has 1 aromatic heterocycles. The highest BCUT2D eigenvalue weighted by Crippen LogP contribution is 1.94. The largest absolute Gasteiger partial charge is 0.174 e. The van der Waals surface area contributed by atoms with E-state index >= 15 is 0 Å². The smallest absolute Gasteiger partial charge is 0.167 e. The molecule has 1 rings (SSSR count). The molecule has 0 unspecified atom stereocenters. The van der Waals surface area contributed by atoms with Gasteiger partial charge in [0.25, 0.3) is 0 Å². The summed E-state index contributed by atoms with van der Waals surface area (Å²) < 4.78 is 0. The number of aryl methyl sites for hydroxylation is 2. The maximum Gasteiger partial charge on any atom is 0.174 e. The molecule has 0 atom stereocenters. The lowest BCUT2D eigenvalue weighted by atomic mass is 10.2. The summed E-state index contributed by atoms with van der Waals surface area (Å²) in [6, 6.07) is 0. The second-order valence-corrected chi connectivity index (χ2v) is 2.30. The Bertz CT molecular complexity index is 193. The van der Waals surface area contributed by atoms with Crippen LogP contribution in [0.1, 0.15) is 25.6 Å². The summed E-state index contributed by atoms with van der Waals surface area (Å²) in [5.41, 5.74) is 0. The van der Waals surface area contributed by atoms with Crippen LogP contribution in [-0.4, -0.2) is 20.2 Å². The van der Waals surface area contributed by atoms with E-state index in [0.717, 1.165) is 18.7 Å². The molecule has 4 nitrogen and oxygen atoms in total. The molecule has 1 aromatic rings. The monoisotopic (exact) mass is 140 g/mol. The molecule has 0 aromatic carbocycles. The van der Waals surface area contributed by atoms with Crippen molar-refractivity contribution in [3.63, 3.8) is 0 Å².